The van der Waals surface area contributed by atoms with E-state index in [0.29, 0.717) is 23.2 Å². The van der Waals surface area contributed by atoms with Gasteiger partial charge in [0.25, 0.3) is 0 Å². The topological polar surface area (TPSA) is 44.1 Å². The van der Waals surface area contributed by atoms with Crippen LogP contribution in [0.4, 0.5) is 0 Å². The van der Waals surface area contributed by atoms with E-state index in [1.54, 1.807) is 24.7 Å². The van der Waals surface area contributed by atoms with Crippen LogP contribution in [-0.2, 0) is 28.7 Å². The Hall–Kier alpha value is -2.44. The van der Waals surface area contributed by atoms with E-state index in [1.165, 1.54) is 0 Å². The standard InChI is InChI=1S/C24H20Cl2N2O2S/c25-19-8-11-22(23(26)14-19)24(15-28-13-12-27-17-28)30-16-18-6-9-21(10-7-18)31(29)20-4-2-1-3-5-20/h1-14,17,24H,15-16H2/t24-,31-/m1/s1. The summed E-state index contributed by atoms with van der Waals surface area (Å²) in [5.41, 5.74) is 1.84. The zero-order chi connectivity index (χ0) is 21.6. The number of ether oxygens (including phenoxy) is 1. The van der Waals surface area contributed by atoms with Gasteiger partial charge in [0, 0.05) is 37.8 Å². The van der Waals surface area contributed by atoms with Crippen molar-refractivity contribution >= 4 is 34.0 Å². The maximum Gasteiger partial charge on any atom is 0.102 e. The molecule has 0 saturated heterocycles. The molecule has 0 bridgehead atoms. The lowest BCUT2D eigenvalue weighted by Gasteiger charge is -2.20. The fourth-order valence-electron chi connectivity index (χ4n) is 3.18. The Morgan fingerprint density at radius 1 is 0.968 bits per heavy atom. The van der Waals surface area contributed by atoms with Gasteiger partial charge in [0.05, 0.1) is 30.3 Å². The van der Waals surface area contributed by atoms with E-state index in [1.807, 2.05) is 71.4 Å². The van der Waals surface area contributed by atoms with Crippen LogP contribution >= 0.6 is 23.2 Å². The van der Waals surface area contributed by atoms with Crippen LogP contribution in [0.25, 0.3) is 0 Å². The Morgan fingerprint density at radius 2 is 1.71 bits per heavy atom. The summed E-state index contributed by atoms with van der Waals surface area (Å²) < 4.78 is 20.9. The van der Waals surface area contributed by atoms with Crippen LogP contribution in [0.5, 0.6) is 0 Å². The summed E-state index contributed by atoms with van der Waals surface area (Å²) >= 11 is 12.5. The molecule has 4 rings (SSSR count). The van der Waals surface area contributed by atoms with Gasteiger partial charge in [-0.25, -0.2) is 9.19 Å². The molecule has 3 aromatic carbocycles. The summed E-state index contributed by atoms with van der Waals surface area (Å²) in [6.07, 6.45) is 5.07. The van der Waals surface area contributed by atoms with Gasteiger partial charge in [0.15, 0.2) is 0 Å². The predicted molar refractivity (Wildman–Crippen MR) is 124 cm³/mol. The zero-order valence-electron chi connectivity index (χ0n) is 16.5. The molecule has 31 heavy (non-hydrogen) atoms. The van der Waals surface area contributed by atoms with Crippen LogP contribution in [0.1, 0.15) is 17.2 Å². The van der Waals surface area contributed by atoms with Crippen LogP contribution in [-0.4, -0.2) is 13.8 Å². The molecule has 2 atom stereocenters. The molecule has 0 spiro atoms. The number of halogens is 2. The van der Waals surface area contributed by atoms with Crippen molar-refractivity contribution in [2.75, 3.05) is 0 Å². The van der Waals surface area contributed by atoms with E-state index >= 15 is 0 Å². The predicted octanol–water partition coefficient (Wildman–Crippen LogP) is 6.31. The van der Waals surface area contributed by atoms with Gasteiger partial charge in [-0.15, -0.1) is 0 Å². The smallest absolute Gasteiger partial charge is 0.102 e. The molecule has 158 valence electrons. The van der Waals surface area contributed by atoms with Gasteiger partial charge in [0.1, 0.15) is 6.10 Å². The third-order valence-electron chi connectivity index (χ3n) is 4.79. The van der Waals surface area contributed by atoms with Crippen LogP contribution < -0.4 is 0 Å². The number of aromatic nitrogens is 2. The molecular formula is C24H20Cl2N2O2S. The zero-order valence-corrected chi connectivity index (χ0v) is 18.9. The molecule has 0 fully saturated rings. The fraction of sp³-hybridized carbons (Fsp3) is 0.125. The Kier molecular flexibility index (Phi) is 7.20. The number of hydrogen-bond acceptors (Lipinski definition) is 3. The summed E-state index contributed by atoms with van der Waals surface area (Å²) in [6.45, 7) is 0.952. The van der Waals surface area contributed by atoms with Gasteiger partial charge >= 0.3 is 0 Å². The monoisotopic (exact) mass is 470 g/mol. The summed E-state index contributed by atoms with van der Waals surface area (Å²) in [5.74, 6) is 0. The first-order valence-electron chi connectivity index (χ1n) is 9.68. The van der Waals surface area contributed by atoms with Gasteiger partial charge in [-0.3, -0.25) is 0 Å². The van der Waals surface area contributed by atoms with Crippen molar-refractivity contribution in [3.8, 4) is 0 Å². The van der Waals surface area contributed by atoms with Gasteiger partial charge in [0.2, 0.25) is 0 Å². The molecule has 4 aromatic rings. The minimum absolute atomic E-state index is 0.280. The van der Waals surface area contributed by atoms with Gasteiger partial charge in [-0.05, 0) is 42.0 Å². The van der Waals surface area contributed by atoms with E-state index in [0.717, 1.165) is 20.9 Å². The minimum atomic E-state index is -1.21. The normalized spacial score (nSPS) is 13.1. The fourth-order valence-corrected chi connectivity index (χ4v) is 4.77. The highest BCUT2D eigenvalue weighted by Crippen LogP contribution is 2.30. The van der Waals surface area contributed by atoms with Crippen molar-refractivity contribution < 1.29 is 8.95 Å². The van der Waals surface area contributed by atoms with Crippen LogP contribution in [0.2, 0.25) is 10.0 Å². The number of nitrogens with zero attached hydrogens (tertiary/aromatic N) is 2. The number of imidazole rings is 1. The first-order valence-corrected chi connectivity index (χ1v) is 11.6. The molecule has 0 aliphatic heterocycles. The molecular weight excluding hydrogens is 451 g/mol. The molecule has 1 aromatic heterocycles. The first kappa shape index (κ1) is 21.8. The molecule has 0 aliphatic carbocycles. The lowest BCUT2D eigenvalue weighted by Crippen LogP contribution is -2.12. The van der Waals surface area contributed by atoms with Crippen LogP contribution in [0, 0.1) is 0 Å². The highest BCUT2D eigenvalue weighted by atomic mass is 35.5. The van der Waals surface area contributed by atoms with Crippen molar-refractivity contribution in [2.45, 2.75) is 29.0 Å². The third kappa shape index (κ3) is 5.63. The number of hydrogen-bond donors (Lipinski definition) is 0. The number of benzene rings is 3. The van der Waals surface area contributed by atoms with E-state index < -0.39 is 10.8 Å². The van der Waals surface area contributed by atoms with Gasteiger partial charge < -0.3 is 9.30 Å². The molecule has 0 saturated carbocycles. The second kappa shape index (κ2) is 10.2. The average Bonchev–Trinajstić information content (AvgIpc) is 3.31. The molecule has 0 N–H and O–H groups in total. The van der Waals surface area contributed by atoms with Gasteiger partial charge in [-0.1, -0.05) is 59.6 Å². The van der Waals surface area contributed by atoms with Crippen molar-refractivity contribution in [1.29, 1.82) is 0 Å². The van der Waals surface area contributed by atoms with Crippen molar-refractivity contribution in [3.63, 3.8) is 0 Å². The Morgan fingerprint density at radius 3 is 2.39 bits per heavy atom. The minimum Gasteiger partial charge on any atom is -0.367 e. The third-order valence-corrected chi connectivity index (χ3v) is 6.75. The van der Waals surface area contributed by atoms with E-state index in [-0.39, 0.29) is 6.10 Å². The largest absolute Gasteiger partial charge is 0.367 e. The molecule has 4 nitrogen and oxygen atoms in total. The molecule has 0 aliphatic rings. The van der Waals surface area contributed by atoms with Crippen LogP contribution in [0.15, 0.2) is 101 Å². The van der Waals surface area contributed by atoms with Crippen molar-refractivity contribution in [2.24, 2.45) is 0 Å². The summed E-state index contributed by atoms with van der Waals surface area (Å²) in [4.78, 5) is 5.64. The number of rotatable bonds is 8. The molecule has 0 amide bonds. The Labute approximate surface area is 193 Å². The van der Waals surface area contributed by atoms with E-state index in [4.69, 9.17) is 27.9 Å². The lowest BCUT2D eigenvalue weighted by atomic mass is 10.1. The highest BCUT2D eigenvalue weighted by Gasteiger charge is 2.17. The highest BCUT2D eigenvalue weighted by molar-refractivity contribution is 7.85. The maximum absolute atomic E-state index is 12.7. The Balaban J connectivity index is 1.48. The molecule has 0 radical (unpaired) electrons. The Bertz CT molecular complexity index is 1150. The lowest BCUT2D eigenvalue weighted by molar-refractivity contribution is 0.0280. The summed E-state index contributed by atoms with van der Waals surface area (Å²) in [7, 11) is -1.21. The average molecular weight is 471 g/mol. The van der Waals surface area contributed by atoms with Crippen LogP contribution in [0.3, 0.4) is 0 Å². The van der Waals surface area contributed by atoms with Crippen molar-refractivity contribution in [1.82, 2.24) is 9.55 Å². The molecule has 1 heterocycles. The van der Waals surface area contributed by atoms with Crippen molar-refractivity contribution in [3.05, 3.63) is 113 Å². The molecule has 7 heteroatoms. The SMILES string of the molecule is O=[S@](c1ccccc1)c1ccc(CO[C@H](Cn2ccnc2)c2ccc(Cl)cc2Cl)cc1. The first-order chi connectivity index (χ1) is 15.1. The second-order valence-corrected chi connectivity index (χ2v) is 9.27. The second-order valence-electron chi connectivity index (χ2n) is 6.95. The van der Waals surface area contributed by atoms with E-state index in [9.17, 15) is 4.21 Å². The molecule has 0 unspecified atom stereocenters. The van der Waals surface area contributed by atoms with Gasteiger partial charge in [-0.2, -0.15) is 0 Å². The van der Waals surface area contributed by atoms with E-state index in [2.05, 4.69) is 4.98 Å². The maximum atomic E-state index is 12.7. The summed E-state index contributed by atoms with van der Waals surface area (Å²) in [5, 5.41) is 1.14. The quantitative estimate of drug-likeness (QED) is 0.302. The summed E-state index contributed by atoms with van der Waals surface area (Å²) in [6, 6.07) is 22.5.